The van der Waals surface area contributed by atoms with Gasteiger partial charge in [0.05, 0.1) is 14.0 Å². The Balaban J connectivity index is 1.85. The molecule has 1 fully saturated rings. The van der Waals surface area contributed by atoms with E-state index < -0.39 is 5.91 Å². The van der Waals surface area contributed by atoms with E-state index in [0.29, 0.717) is 4.88 Å². The van der Waals surface area contributed by atoms with Crippen molar-refractivity contribution in [3.63, 3.8) is 0 Å². The third-order valence-electron chi connectivity index (χ3n) is 4.23. The van der Waals surface area contributed by atoms with Gasteiger partial charge in [-0.25, -0.2) is 4.98 Å². The maximum atomic E-state index is 11.3. The summed E-state index contributed by atoms with van der Waals surface area (Å²) in [6.45, 7) is 2.76. The molecule has 1 aliphatic rings. The number of primary amides is 1. The normalized spacial score (nSPS) is 16.4. The van der Waals surface area contributed by atoms with E-state index in [1.54, 1.807) is 0 Å². The van der Waals surface area contributed by atoms with E-state index in [1.165, 1.54) is 11.3 Å². The summed E-state index contributed by atoms with van der Waals surface area (Å²) in [7, 11) is 0. The Morgan fingerprint density at radius 1 is 1.45 bits per heavy atom. The zero-order valence-corrected chi connectivity index (χ0v) is 14.6. The molecule has 5 nitrogen and oxygen atoms in total. The van der Waals surface area contributed by atoms with Crippen LogP contribution in [0.15, 0.2) is 16.7 Å². The molecule has 4 N–H and O–H groups in total. The van der Waals surface area contributed by atoms with Gasteiger partial charge in [-0.2, -0.15) is 0 Å². The molecular weight excluding hydrogens is 364 g/mol. The van der Waals surface area contributed by atoms with Crippen LogP contribution >= 0.6 is 27.3 Å². The first-order chi connectivity index (χ1) is 10.6. The monoisotopic (exact) mass is 382 g/mol. The van der Waals surface area contributed by atoms with E-state index in [-0.39, 0.29) is 0 Å². The highest BCUT2D eigenvalue weighted by Gasteiger charge is 2.22. The van der Waals surface area contributed by atoms with Gasteiger partial charge in [0.15, 0.2) is 0 Å². The van der Waals surface area contributed by atoms with Crippen LogP contribution in [0.3, 0.4) is 0 Å². The molecule has 1 aliphatic heterocycles. The lowest BCUT2D eigenvalue weighted by Gasteiger charge is -2.33. The van der Waals surface area contributed by atoms with E-state index in [0.717, 1.165) is 65.2 Å². The van der Waals surface area contributed by atoms with E-state index in [9.17, 15) is 4.79 Å². The number of rotatable bonds is 4. The minimum atomic E-state index is -0.391. The fourth-order valence-electron chi connectivity index (χ4n) is 2.98. The quantitative estimate of drug-likeness (QED) is 0.850. The summed E-state index contributed by atoms with van der Waals surface area (Å²) in [5.41, 5.74) is 11.0. The SMILES string of the molecule is NCCC1CCN(c2ncc3sc(C(N)=O)cc3c2Br)CC1. The Morgan fingerprint density at radius 3 is 2.82 bits per heavy atom. The molecule has 0 radical (unpaired) electrons. The zero-order valence-electron chi connectivity index (χ0n) is 12.2. The number of fused-ring (bicyclic) bond motifs is 1. The number of nitrogens with zero attached hydrogens (tertiary/aromatic N) is 2. The van der Waals surface area contributed by atoms with Crippen LogP contribution in [0.1, 0.15) is 28.9 Å². The van der Waals surface area contributed by atoms with Crippen molar-refractivity contribution in [1.82, 2.24) is 4.98 Å². The van der Waals surface area contributed by atoms with Crippen LogP contribution in [0, 0.1) is 5.92 Å². The predicted molar refractivity (Wildman–Crippen MR) is 94.4 cm³/mol. The van der Waals surface area contributed by atoms with Crippen molar-refractivity contribution in [2.45, 2.75) is 19.3 Å². The van der Waals surface area contributed by atoms with Gasteiger partial charge < -0.3 is 16.4 Å². The van der Waals surface area contributed by atoms with Crippen molar-refractivity contribution in [3.05, 3.63) is 21.6 Å². The molecule has 2 aromatic heterocycles. The first-order valence-corrected chi connectivity index (χ1v) is 9.04. The number of pyridine rings is 1. The number of piperidine rings is 1. The molecule has 3 heterocycles. The highest BCUT2D eigenvalue weighted by molar-refractivity contribution is 9.10. The van der Waals surface area contributed by atoms with Crippen LogP contribution < -0.4 is 16.4 Å². The third-order valence-corrected chi connectivity index (χ3v) is 6.10. The lowest BCUT2D eigenvalue weighted by atomic mass is 9.93. The van der Waals surface area contributed by atoms with Crippen LogP contribution in [0.5, 0.6) is 0 Å². The number of anilines is 1. The summed E-state index contributed by atoms with van der Waals surface area (Å²) >= 11 is 5.04. The molecule has 0 bridgehead atoms. The van der Waals surface area contributed by atoms with Gasteiger partial charge >= 0.3 is 0 Å². The van der Waals surface area contributed by atoms with Crippen molar-refractivity contribution in [2.24, 2.45) is 17.4 Å². The summed E-state index contributed by atoms with van der Waals surface area (Å²) in [4.78, 5) is 18.8. The first kappa shape index (κ1) is 15.7. The standard InChI is InChI=1S/C15H19BrN4OS/c16-13-10-7-11(14(18)21)22-12(10)8-19-15(13)20-5-2-9(1-4-17)3-6-20/h7-9H,1-6,17H2,(H2,18,21). The van der Waals surface area contributed by atoms with Crippen molar-refractivity contribution in [3.8, 4) is 0 Å². The lowest BCUT2D eigenvalue weighted by molar-refractivity contribution is 0.100. The molecule has 1 amide bonds. The second-order valence-electron chi connectivity index (χ2n) is 5.66. The number of carbonyl (C=O) groups excluding carboxylic acids is 1. The Bertz CT molecular complexity index is 694. The Morgan fingerprint density at radius 2 is 2.18 bits per heavy atom. The molecular formula is C15H19BrN4OS. The highest BCUT2D eigenvalue weighted by atomic mass is 79.9. The van der Waals surface area contributed by atoms with E-state index in [2.05, 4.69) is 25.8 Å². The number of nitrogens with two attached hydrogens (primary N) is 2. The van der Waals surface area contributed by atoms with Gasteiger partial charge in [-0.3, -0.25) is 4.79 Å². The molecule has 0 saturated carbocycles. The fraction of sp³-hybridized carbons (Fsp3) is 0.467. The first-order valence-electron chi connectivity index (χ1n) is 7.43. The van der Waals surface area contributed by atoms with Crippen LogP contribution in [0.2, 0.25) is 0 Å². The number of thiophene rings is 1. The predicted octanol–water partition coefficient (Wildman–Crippen LogP) is 2.72. The molecule has 0 aromatic carbocycles. The number of carbonyl (C=O) groups is 1. The minimum absolute atomic E-state index is 0.391. The third kappa shape index (κ3) is 2.98. The molecule has 0 aliphatic carbocycles. The van der Waals surface area contributed by atoms with Gasteiger partial charge in [-0.05, 0) is 53.7 Å². The molecule has 22 heavy (non-hydrogen) atoms. The molecule has 2 aromatic rings. The Kier molecular flexibility index (Phi) is 4.65. The summed E-state index contributed by atoms with van der Waals surface area (Å²) in [6.07, 6.45) is 5.24. The van der Waals surface area contributed by atoms with E-state index in [4.69, 9.17) is 11.5 Å². The number of hydrogen-bond donors (Lipinski definition) is 2. The Labute approximate surface area is 141 Å². The average Bonchev–Trinajstić information content (AvgIpc) is 2.94. The average molecular weight is 383 g/mol. The largest absolute Gasteiger partial charge is 0.365 e. The molecule has 0 atom stereocenters. The molecule has 1 saturated heterocycles. The highest BCUT2D eigenvalue weighted by Crippen LogP contribution is 2.37. The fourth-order valence-corrected chi connectivity index (χ4v) is 4.68. The summed E-state index contributed by atoms with van der Waals surface area (Å²) in [5, 5.41) is 1.01. The van der Waals surface area contributed by atoms with Crippen LogP contribution in [-0.4, -0.2) is 30.5 Å². The zero-order chi connectivity index (χ0) is 15.7. The van der Waals surface area contributed by atoms with Gasteiger partial charge in [-0.15, -0.1) is 11.3 Å². The smallest absolute Gasteiger partial charge is 0.258 e. The number of hydrogen-bond acceptors (Lipinski definition) is 5. The molecule has 0 spiro atoms. The number of aromatic nitrogens is 1. The minimum Gasteiger partial charge on any atom is -0.365 e. The van der Waals surface area contributed by atoms with Crippen molar-refractivity contribution < 1.29 is 4.79 Å². The number of halogens is 1. The van der Waals surface area contributed by atoms with Gasteiger partial charge in [0.25, 0.3) is 5.91 Å². The van der Waals surface area contributed by atoms with Crippen LogP contribution in [0.25, 0.3) is 10.1 Å². The van der Waals surface area contributed by atoms with Crippen LogP contribution in [0.4, 0.5) is 5.82 Å². The topological polar surface area (TPSA) is 85.2 Å². The van der Waals surface area contributed by atoms with Crippen molar-refractivity contribution in [2.75, 3.05) is 24.5 Å². The van der Waals surface area contributed by atoms with E-state index >= 15 is 0 Å². The summed E-state index contributed by atoms with van der Waals surface area (Å²) in [6, 6.07) is 1.85. The maximum Gasteiger partial charge on any atom is 0.258 e. The molecule has 118 valence electrons. The van der Waals surface area contributed by atoms with Gasteiger partial charge in [-0.1, -0.05) is 0 Å². The maximum absolute atomic E-state index is 11.3. The lowest BCUT2D eigenvalue weighted by Crippen LogP contribution is -2.35. The van der Waals surface area contributed by atoms with E-state index in [1.807, 2.05) is 12.3 Å². The van der Waals surface area contributed by atoms with Crippen LogP contribution in [-0.2, 0) is 0 Å². The molecule has 0 unspecified atom stereocenters. The van der Waals surface area contributed by atoms with Gasteiger partial charge in [0, 0.05) is 24.7 Å². The summed E-state index contributed by atoms with van der Waals surface area (Å²) < 4.78 is 1.92. The van der Waals surface area contributed by atoms with Crippen molar-refractivity contribution in [1.29, 1.82) is 0 Å². The van der Waals surface area contributed by atoms with Crippen molar-refractivity contribution >= 4 is 49.1 Å². The molecule has 7 heteroatoms. The van der Waals surface area contributed by atoms with Gasteiger partial charge in [0.2, 0.25) is 0 Å². The van der Waals surface area contributed by atoms with Gasteiger partial charge in [0.1, 0.15) is 5.82 Å². The second kappa shape index (κ2) is 6.52. The molecule has 3 rings (SSSR count). The second-order valence-corrected chi connectivity index (χ2v) is 7.53. The number of amides is 1. The summed E-state index contributed by atoms with van der Waals surface area (Å²) in [5.74, 6) is 1.29. The Hall–Kier alpha value is -1.18.